The molecule has 1 aromatic heterocycles. The second kappa shape index (κ2) is 3.90. The highest BCUT2D eigenvalue weighted by Gasteiger charge is 2.32. The van der Waals surface area contributed by atoms with Crippen molar-refractivity contribution in [2.45, 2.75) is 39.5 Å². The van der Waals surface area contributed by atoms with Crippen LogP contribution in [-0.2, 0) is 17.8 Å². The number of hydrogen-bond acceptors (Lipinski definition) is 5. The summed E-state index contributed by atoms with van der Waals surface area (Å²) in [7, 11) is 0. The number of nitrogens with zero attached hydrogens (tertiary/aromatic N) is 3. The van der Waals surface area contributed by atoms with Crippen molar-refractivity contribution in [3.05, 3.63) is 5.69 Å². The van der Waals surface area contributed by atoms with Crippen LogP contribution in [0.15, 0.2) is 4.52 Å². The molecule has 2 heterocycles. The summed E-state index contributed by atoms with van der Waals surface area (Å²) in [6, 6.07) is 0. The Labute approximate surface area is 98.5 Å². The molecular formula is C10H15N3O4. The van der Waals surface area contributed by atoms with Gasteiger partial charge in [0.05, 0.1) is 11.8 Å². The van der Waals surface area contributed by atoms with Crippen molar-refractivity contribution in [3.63, 3.8) is 0 Å². The smallest absolute Gasteiger partial charge is 0.411 e. The average molecular weight is 241 g/mol. The molecule has 0 aliphatic carbocycles. The Balaban J connectivity index is 2.07. The Hall–Kier alpha value is -1.79. The van der Waals surface area contributed by atoms with Gasteiger partial charge in [-0.25, -0.2) is 4.79 Å². The maximum Gasteiger partial charge on any atom is 0.411 e. The molecule has 0 saturated carbocycles. The lowest BCUT2D eigenvalue weighted by atomic mass is 10.2. The lowest BCUT2D eigenvalue weighted by molar-refractivity contribution is -0.773. The summed E-state index contributed by atoms with van der Waals surface area (Å²) in [4.78, 5) is 13.3. The maximum absolute atomic E-state index is 11.8. The quantitative estimate of drug-likeness (QED) is 0.587. The molecule has 94 valence electrons. The van der Waals surface area contributed by atoms with Gasteiger partial charge >= 0.3 is 6.09 Å². The van der Waals surface area contributed by atoms with E-state index >= 15 is 0 Å². The van der Waals surface area contributed by atoms with Crippen LogP contribution in [0.3, 0.4) is 0 Å². The van der Waals surface area contributed by atoms with E-state index in [-0.39, 0.29) is 6.54 Å². The van der Waals surface area contributed by atoms with Crippen molar-refractivity contribution in [3.8, 4) is 5.95 Å². The van der Waals surface area contributed by atoms with Gasteiger partial charge in [0.2, 0.25) is 0 Å². The summed E-state index contributed by atoms with van der Waals surface area (Å²) in [6.45, 7) is 6.48. The van der Waals surface area contributed by atoms with Gasteiger partial charge in [-0.05, 0) is 20.8 Å². The van der Waals surface area contributed by atoms with Crippen LogP contribution < -0.4 is 9.79 Å². The number of rotatable bonds is 0. The van der Waals surface area contributed by atoms with Gasteiger partial charge in [-0.1, -0.05) is 4.68 Å². The summed E-state index contributed by atoms with van der Waals surface area (Å²) in [5.74, 6) is -0.502. The first-order valence-electron chi connectivity index (χ1n) is 5.40. The molecular weight excluding hydrogens is 226 g/mol. The van der Waals surface area contributed by atoms with E-state index < -0.39 is 17.6 Å². The van der Waals surface area contributed by atoms with E-state index in [1.165, 1.54) is 9.58 Å². The molecule has 0 N–H and O–H groups in total. The van der Waals surface area contributed by atoms with Crippen LogP contribution in [-0.4, -0.2) is 28.4 Å². The predicted octanol–water partition coefficient (Wildman–Crippen LogP) is -0.214. The van der Waals surface area contributed by atoms with Crippen LogP contribution >= 0.6 is 0 Å². The standard InChI is InChI=1S/C10H15N3O4/c1-10(2,3)16-9(15)12-4-5-13-7(6-12)8(14)17-11-13/h4-6H2,1-3H3. The first-order valence-corrected chi connectivity index (χ1v) is 5.40. The largest absolute Gasteiger partial charge is 0.539 e. The highest BCUT2D eigenvalue weighted by atomic mass is 16.6. The van der Waals surface area contributed by atoms with E-state index in [1.807, 2.05) is 0 Å². The lowest BCUT2D eigenvalue weighted by Gasteiger charge is -2.27. The van der Waals surface area contributed by atoms with Gasteiger partial charge < -0.3 is 14.4 Å². The second-order valence-corrected chi connectivity index (χ2v) is 4.93. The Kier molecular flexibility index (Phi) is 2.68. The maximum atomic E-state index is 11.8. The summed E-state index contributed by atoms with van der Waals surface area (Å²) in [5.41, 5.74) is -0.165. The van der Waals surface area contributed by atoms with Gasteiger partial charge in [0.25, 0.3) is 5.69 Å². The fourth-order valence-electron chi connectivity index (χ4n) is 1.57. The normalized spacial score (nSPS) is 15.6. The van der Waals surface area contributed by atoms with E-state index in [9.17, 15) is 9.90 Å². The third-order valence-corrected chi connectivity index (χ3v) is 2.34. The first kappa shape index (κ1) is 11.7. The number of carbonyl (C=O) groups excluding carboxylic acids is 1. The van der Waals surface area contributed by atoms with Crippen LogP contribution in [0, 0.1) is 0 Å². The number of amides is 1. The van der Waals surface area contributed by atoms with Crippen molar-refractivity contribution >= 4 is 6.09 Å². The third-order valence-electron chi connectivity index (χ3n) is 2.34. The number of ether oxygens (including phenoxy) is 1. The van der Waals surface area contributed by atoms with Crippen molar-refractivity contribution in [1.82, 2.24) is 10.2 Å². The zero-order valence-electron chi connectivity index (χ0n) is 10.1. The van der Waals surface area contributed by atoms with Gasteiger partial charge in [0, 0.05) is 0 Å². The molecule has 0 radical (unpaired) electrons. The predicted molar refractivity (Wildman–Crippen MR) is 52.8 cm³/mol. The fourth-order valence-corrected chi connectivity index (χ4v) is 1.57. The highest BCUT2D eigenvalue weighted by molar-refractivity contribution is 5.68. The monoisotopic (exact) mass is 241 g/mol. The molecule has 1 aliphatic heterocycles. The van der Waals surface area contributed by atoms with Gasteiger partial charge in [-0.15, -0.1) is 0 Å². The third kappa shape index (κ3) is 2.48. The molecule has 0 fully saturated rings. The van der Waals surface area contributed by atoms with Crippen molar-refractivity contribution in [1.29, 1.82) is 0 Å². The highest BCUT2D eigenvalue weighted by Crippen LogP contribution is 2.16. The Morgan fingerprint density at radius 2 is 2.29 bits per heavy atom. The van der Waals surface area contributed by atoms with E-state index in [1.54, 1.807) is 20.8 Å². The van der Waals surface area contributed by atoms with Crippen LogP contribution in [0.1, 0.15) is 26.5 Å². The zero-order chi connectivity index (χ0) is 12.6. The first-order chi connectivity index (χ1) is 7.87. The van der Waals surface area contributed by atoms with Gasteiger partial charge in [-0.3, -0.25) is 4.90 Å². The molecule has 0 unspecified atom stereocenters. The van der Waals surface area contributed by atoms with E-state index in [4.69, 9.17) is 4.74 Å². The molecule has 1 aromatic rings. The molecule has 1 amide bonds. The second-order valence-electron chi connectivity index (χ2n) is 4.93. The minimum absolute atomic E-state index is 0.178. The van der Waals surface area contributed by atoms with Gasteiger partial charge in [-0.2, -0.15) is 0 Å². The number of fused-ring (bicyclic) bond motifs is 1. The molecule has 7 heteroatoms. The summed E-state index contributed by atoms with van der Waals surface area (Å²) >= 11 is 0. The molecule has 0 spiro atoms. The molecule has 0 bridgehead atoms. The minimum atomic E-state index is -0.542. The average Bonchev–Trinajstić information content (AvgIpc) is 2.57. The number of carbonyl (C=O) groups is 1. The molecule has 1 aliphatic rings. The molecule has 0 aromatic carbocycles. The summed E-state index contributed by atoms with van der Waals surface area (Å²) in [6.07, 6.45) is -0.427. The van der Waals surface area contributed by atoms with E-state index in [2.05, 4.69) is 9.79 Å². The topological polar surface area (TPSA) is 82.5 Å². The van der Waals surface area contributed by atoms with Crippen LogP contribution in [0.4, 0.5) is 4.79 Å². The Morgan fingerprint density at radius 3 is 2.94 bits per heavy atom. The van der Waals surface area contributed by atoms with Gasteiger partial charge in [0.15, 0.2) is 12.5 Å². The summed E-state index contributed by atoms with van der Waals surface area (Å²) in [5, 5.41) is 14.9. The Bertz CT molecular complexity index is 435. The van der Waals surface area contributed by atoms with Crippen molar-refractivity contribution < 1.29 is 23.8 Å². The minimum Gasteiger partial charge on any atom is -0.539 e. The van der Waals surface area contributed by atoms with Crippen LogP contribution in [0.25, 0.3) is 0 Å². The van der Waals surface area contributed by atoms with Crippen LogP contribution in [0.5, 0.6) is 5.95 Å². The van der Waals surface area contributed by atoms with E-state index in [0.717, 1.165) is 0 Å². The van der Waals surface area contributed by atoms with E-state index in [0.29, 0.717) is 18.8 Å². The molecule has 0 atom stereocenters. The molecule has 17 heavy (non-hydrogen) atoms. The molecule has 0 saturated heterocycles. The van der Waals surface area contributed by atoms with Crippen molar-refractivity contribution in [2.24, 2.45) is 0 Å². The SMILES string of the molecule is CC(C)(C)OC(=O)N1CC[n+]2noc([O-])c2C1. The van der Waals surface area contributed by atoms with Crippen molar-refractivity contribution in [2.75, 3.05) is 6.54 Å². The summed E-state index contributed by atoms with van der Waals surface area (Å²) < 4.78 is 11.2. The fraction of sp³-hybridized carbons (Fsp3) is 0.700. The lowest BCUT2D eigenvalue weighted by Crippen LogP contribution is -2.53. The molecule has 7 nitrogen and oxygen atoms in total. The number of hydrogen-bond donors (Lipinski definition) is 0. The Morgan fingerprint density at radius 1 is 1.59 bits per heavy atom. The molecule has 2 rings (SSSR count). The zero-order valence-corrected chi connectivity index (χ0v) is 10.1. The van der Waals surface area contributed by atoms with Crippen LogP contribution in [0.2, 0.25) is 0 Å². The number of aromatic nitrogens is 2. The van der Waals surface area contributed by atoms with Gasteiger partial charge in [0.1, 0.15) is 12.1 Å².